The normalized spacial score (nSPS) is 17.0. The third-order valence-corrected chi connectivity index (χ3v) is 5.71. The molecule has 27 heavy (non-hydrogen) atoms. The molecule has 3 rings (SSSR count). The van der Waals surface area contributed by atoms with Crippen molar-refractivity contribution in [1.29, 1.82) is 0 Å². The van der Waals surface area contributed by atoms with E-state index in [1.165, 1.54) is 23.8 Å². The summed E-state index contributed by atoms with van der Waals surface area (Å²) in [4.78, 5) is 30.5. The molecule has 2 aromatic rings. The van der Waals surface area contributed by atoms with Crippen molar-refractivity contribution in [2.45, 2.75) is 0 Å². The number of carbonyl (C=O) groups excluding carboxylic acids is 2. The first kappa shape index (κ1) is 19.4. The summed E-state index contributed by atoms with van der Waals surface area (Å²) in [5, 5.41) is 10.2. The molecule has 0 saturated carbocycles. The average Bonchev–Trinajstić information content (AvgIpc) is 2.92. The lowest BCUT2D eigenvalue weighted by molar-refractivity contribution is -0.121. The maximum atomic E-state index is 12.5. The number of ether oxygens (including phenoxy) is 1. The predicted octanol–water partition coefficient (Wildman–Crippen LogP) is 4.02. The van der Waals surface area contributed by atoms with E-state index in [-0.39, 0.29) is 11.7 Å². The Morgan fingerprint density at radius 1 is 1.26 bits per heavy atom. The van der Waals surface area contributed by atoms with Crippen LogP contribution in [0.1, 0.15) is 15.9 Å². The second kappa shape index (κ2) is 8.13. The molecular weight excluding hydrogens is 479 g/mol. The molecule has 1 heterocycles. The van der Waals surface area contributed by atoms with Gasteiger partial charge < -0.3 is 9.84 Å². The quantitative estimate of drug-likeness (QED) is 0.396. The van der Waals surface area contributed by atoms with Crippen LogP contribution < -0.4 is 0 Å². The number of phenolic OH excluding ortho intramolecular Hbond substituents is 1. The molecule has 138 valence electrons. The van der Waals surface area contributed by atoms with Crippen LogP contribution in [0.3, 0.4) is 0 Å². The van der Waals surface area contributed by atoms with Crippen molar-refractivity contribution in [3.8, 4) is 5.75 Å². The number of rotatable bonds is 3. The first-order chi connectivity index (χ1) is 12.9. The van der Waals surface area contributed by atoms with E-state index in [0.717, 1.165) is 5.56 Å². The first-order valence-corrected chi connectivity index (χ1v) is 9.72. The second-order valence-corrected chi connectivity index (χ2v) is 7.79. The smallest absolute Gasteiger partial charge is 0.337 e. The number of hydrogen-bond acceptors (Lipinski definition) is 6. The lowest BCUT2D eigenvalue weighted by Gasteiger charge is -2.07. The van der Waals surface area contributed by atoms with E-state index in [1.54, 1.807) is 55.6 Å². The SMILES string of the molecule is COC(=O)c1ccc(N=C2SC(=Cc3ccc(O)c(I)c3)C(=O)N2C)cc1. The molecule has 0 aromatic heterocycles. The van der Waals surface area contributed by atoms with Gasteiger partial charge in [-0.1, -0.05) is 6.07 Å². The van der Waals surface area contributed by atoms with E-state index in [4.69, 9.17) is 0 Å². The number of amides is 1. The molecule has 8 heteroatoms. The van der Waals surface area contributed by atoms with Crippen LogP contribution in [-0.2, 0) is 9.53 Å². The van der Waals surface area contributed by atoms with Crippen LogP contribution in [0, 0.1) is 3.57 Å². The van der Waals surface area contributed by atoms with E-state index in [1.807, 2.05) is 22.6 Å². The van der Waals surface area contributed by atoms with Crippen molar-refractivity contribution in [3.05, 3.63) is 62.1 Å². The number of methoxy groups -OCH3 is 1. The molecule has 1 fully saturated rings. The molecule has 0 radical (unpaired) electrons. The van der Waals surface area contributed by atoms with E-state index < -0.39 is 5.97 Å². The number of aliphatic imine (C=N–C) groups is 1. The van der Waals surface area contributed by atoms with Gasteiger partial charge in [0, 0.05) is 7.05 Å². The number of phenols is 1. The third kappa shape index (κ3) is 4.33. The summed E-state index contributed by atoms with van der Waals surface area (Å²) in [5.41, 5.74) is 1.89. The predicted molar refractivity (Wildman–Crippen MR) is 114 cm³/mol. The minimum Gasteiger partial charge on any atom is -0.507 e. The maximum absolute atomic E-state index is 12.5. The Bertz CT molecular complexity index is 970. The molecule has 1 N–H and O–H groups in total. The van der Waals surface area contributed by atoms with Gasteiger partial charge in [-0.15, -0.1) is 0 Å². The van der Waals surface area contributed by atoms with Gasteiger partial charge in [-0.3, -0.25) is 9.69 Å². The van der Waals surface area contributed by atoms with Crippen LogP contribution in [0.5, 0.6) is 5.75 Å². The molecule has 1 saturated heterocycles. The largest absolute Gasteiger partial charge is 0.507 e. The Kier molecular flexibility index (Phi) is 5.85. The van der Waals surface area contributed by atoms with Crippen LogP contribution in [-0.4, -0.2) is 41.2 Å². The van der Waals surface area contributed by atoms with Crippen LogP contribution in [0.15, 0.2) is 52.4 Å². The zero-order valence-corrected chi connectivity index (χ0v) is 17.4. The summed E-state index contributed by atoms with van der Waals surface area (Å²) >= 11 is 3.31. The molecule has 1 aliphatic heterocycles. The Morgan fingerprint density at radius 3 is 2.59 bits per heavy atom. The highest BCUT2D eigenvalue weighted by Crippen LogP contribution is 2.33. The van der Waals surface area contributed by atoms with Crippen molar-refractivity contribution in [3.63, 3.8) is 0 Å². The number of aromatic hydroxyl groups is 1. The van der Waals surface area contributed by atoms with Gasteiger partial charge in [0.1, 0.15) is 5.75 Å². The molecule has 0 atom stereocenters. The van der Waals surface area contributed by atoms with Crippen LogP contribution in [0.2, 0.25) is 0 Å². The summed E-state index contributed by atoms with van der Waals surface area (Å²) < 4.78 is 5.38. The first-order valence-electron chi connectivity index (χ1n) is 7.82. The minimum absolute atomic E-state index is 0.145. The lowest BCUT2D eigenvalue weighted by atomic mass is 10.2. The molecular formula is C19H15IN2O4S. The van der Waals surface area contributed by atoms with Crippen molar-refractivity contribution in [2.24, 2.45) is 4.99 Å². The van der Waals surface area contributed by atoms with Gasteiger partial charge >= 0.3 is 5.97 Å². The number of likely N-dealkylation sites (N-methyl/N-ethyl adjacent to an activating group) is 1. The number of thioether (sulfide) groups is 1. The summed E-state index contributed by atoms with van der Waals surface area (Å²) in [6, 6.07) is 11.8. The zero-order chi connectivity index (χ0) is 19.6. The van der Waals surface area contributed by atoms with Gasteiger partial charge in [0.05, 0.1) is 26.8 Å². The van der Waals surface area contributed by atoms with E-state index in [2.05, 4.69) is 9.73 Å². The number of hydrogen-bond donors (Lipinski definition) is 1. The molecule has 1 aliphatic rings. The molecule has 1 amide bonds. The van der Waals surface area contributed by atoms with Crippen LogP contribution in [0.25, 0.3) is 6.08 Å². The van der Waals surface area contributed by atoms with Crippen molar-refractivity contribution in [1.82, 2.24) is 4.90 Å². The second-order valence-electron chi connectivity index (χ2n) is 5.62. The monoisotopic (exact) mass is 494 g/mol. The number of nitrogens with zero attached hydrogens (tertiary/aromatic N) is 2. The molecule has 0 spiro atoms. The van der Waals surface area contributed by atoms with Gasteiger partial charge in [-0.05, 0) is 82.4 Å². The summed E-state index contributed by atoms with van der Waals surface area (Å²) in [6.45, 7) is 0. The Labute approximate surface area is 174 Å². The Morgan fingerprint density at radius 2 is 1.96 bits per heavy atom. The summed E-state index contributed by atoms with van der Waals surface area (Å²) in [6.07, 6.45) is 1.77. The number of halogens is 1. The fourth-order valence-corrected chi connectivity index (χ4v) is 3.84. The van der Waals surface area contributed by atoms with Crippen molar-refractivity contribution < 1.29 is 19.4 Å². The van der Waals surface area contributed by atoms with Crippen LogP contribution >= 0.6 is 34.4 Å². The molecule has 0 aliphatic carbocycles. The number of benzene rings is 2. The standard InChI is InChI=1S/C19H15IN2O4S/c1-22-17(24)16(10-11-3-8-15(23)14(20)9-11)27-19(22)21-13-6-4-12(5-7-13)18(25)26-2/h3-10,23H,1-2H3. The highest BCUT2D eigenvalue weighted by molar-refractivity contribution is 14.1. The van der Waals surface area contributed by atoms with E-state index >= 15 is 0 Å². The number of carbonyl (C=O) groups is 2. The fraction of sp³-hybridized carbons (Fsp3) is 0.105. The van der Waals surface area contributed by atoms with E-state index in [0.29, 0.717) is 24.9 Å². The zero-order valence-electron chi connectivity index (χ0n) is 14.5. The third-order valence-electron chi connectivity index (χ3n) is 3.79. The Hall–Kier alpha value is -2.33. The topological polar surface area (TPSA) is 79.2 Å². The minimum atomic E-state index is -0.412. The average molecular weight is 494 g/mol. The molecule has 0 unspecified atom stereocenters. The summed E-state index contributed by atoms with van der Waals surface area (Å²) in [5.74, 6) is -0.351. The molecule has 0 bridgehead atoms. The van der Waals surface area contributed by atoms with Gasteiger partial charge in [-0.25, -0.2) is 9.79 Å². The van der Waals surface area contributed by atoms with Crippen molar-refractivity contribution in [2.75, 3.05) is 14.2 Å². The Balaban J connectivity index is 1.84. The number of amidine groups is 1. The van der Waals surface area contributed by atoms with Gasteiger partial charge in [0.25, 0.3) is 5.91 Å². The van der Waals surface area contributed by atoms with Crippen molar-refractivity contribution >= 4 is 63.2 Å². The van der Waals surface area contributed by atoms with Gasteiger partial charge in [0.2, 0.25) is 0 Å². The highest BCUT2D eigenvalue weighted by Gasteiger charge is 2.30. The van der Waals surface area contributed by atoms with Gasteiger partial charge in [-0.2, -0.15) is 0 Å². The van der Waals surface area contributed by atoms with E-state index in [9.17, 15) is 14.7 Å². The maximum Gasteiger partial charge on any atom is 0.337 e. The van der Waals surface area contributed by atoms with Crippen LogP contribution in [0.4, 0.5) is 5.69 Å². The highest BCUT2D eigenvalue weighted by atomic mass is 127. The summed E-state index contributed by atoms with van der Waals surface area (Å²) in [7, 11) is 2.99. The molecule has 2 aromatic carbocycles. The molecule has 6 nitrogen and oxygen atoms in total. The number of esters is 1. The fourth-order valence-electron chi connectivity index (χ4n) is 2.32. The lowest BCUT2D eigenvalue weighted by Crippen LogP contribution is -2.23. The van der Waals surface area contributed by atoms with Gasteiger partial charge in [0.15, 0.2) is 5.17 Å².